The number of nitrogens with two attached hydrogens (primary N) is 1. The van der Waals surface area contributed by atoms with E-state index in [0.29, 0.717) is 17.5 Å². The summed E-state index contributed by atoms with van der Waals surface area (Å²) in [6.07, 6.45) is 4.87. The van der Waals surface area contributed by atoms with Gasteiger partial charge < -0.3 is 10.3 Å². The Morgan fingerprint density at radius 2 is 2.11 bits per heavy atom. The molecule has 0 aliphatic heterocycles. The van der Waals surface area contributed by atoms with Gasteiger partial charge in [-0.2, -0.15) is 0 Å². The van der Waals surface area contributed by atoms with Crippen molar-refractivity contribution in [2.45, 2.75) is 56.6 Å². The van der Waals surface area contributed by atoms with E-state index in [1.807, 2.05) is 4.57 Å². The largest absolute Gasteiger partial charge is 0.346 e. The number of aromatic nitrogens is 1. The lowest BCUT2D eigenvalue weighted by atomic mass is 10.2. The molecule has 3 rings (SSSR count). The molecule has 1 atom stereocenters. The zero-order valence-electron chi connectivity index (χ0n) is 11.4. The topological polar surface area (TPSA) is 77.1 Å². The zero-order valence-corrected chi connectivity index (χ0v) is 12.2. The average molecular weight is 283 g/mol. The van der Waals surface area contributed by atoms with Gasteiger partial charge in [-0.25, -0.2) is 13.1 Å². The van der Waals surface area contributed by atoms with Crippen LogP contribution in [0.2, 0.25) is 0 Å². The Bertz CT molecular complexity index is 599. The van der Waals surface area contributed by atoms with Crippen LogP contribution in [0.15, 0.2) is 17.2 Å². The summed E-state index contributed by atoms with van der Waals surface area (Å²) in [5.41, 5.74) is 6.68. The lowest BCUT2D eigenvalue weighted by molar-refractivity contribution is 0.554. The summed E-state index contributed by atoms with van der Waals surface area (Å²) < 4.78 is 29.5. The van der Waals surface area contributed by atoms with E-state index in [1.165, 1.54) is 0 Å². The summed E-state index contributed by atoms with van der Waals surface area (Å²) in [6.45, 7) is 4.52. The Morgan fingerprint density at radius 1 is 1.47 bits per heavy atom. The van der Waals surface area contributed by atoms with E-state index < -0.39 is 10.0 Å². The van der Waals surface area contributed by atoms with Crippen LogP contribution in [-0.4, -0.2) is 19.0 Å². The molecule has 6 heteroatoms. The number of sulfonamides is 1. The van der Waals surface area contributed by atoms with Crippen molar-refractivity contribution in [1.82, 2.24) is 9.29 Å². The molecule has 1 heterocycles. The number of hydrogen-bond donors (Lipinski definition) is 2. The quantitative estimate of drug-likeness (QED) is 0.856. The van der Waals surface area contributed by atoms with Crippen LogP contribution >= 0.6 is 0 Å². The van der Waals surface area contributed by atoms with Gasteiger partial charge in [-0.3, -0.25) is 0 Å². The lowest BCUT2D eigenvalue weighted by Crippen LogP contribution is -2.28. The van der Waals surface area contributed by atoms with E-state index in [1.54, 1.807) is 12.3 Å². The van der Waals surface area contributed by atoms with E-state index in [2.05, 4.69) is 18.6 Å². The molecule has 19 heavy (non-hydrogen) atoms. The minimum absolute atomic E-state index is 0.0584. The molecule has 2 saturated carbocycles. The average Bonchev–Trinajstić information content (AvgIpc) is 3.19. The SMILES string of the molecule is CC1(C)CC1NS(=O)(=O)c1cc(CN)n(C2CC2)c1. The molecule has 3 N–H and O–H groups in total. The molecule has 2 fully saturated rings. The van der Waals surface area contributed by atoms with Crippen LogP contribution in [0.25, 0.3) is 0 Å². The Hall–Kier alpha value is -0.850. The van der Waals surface area contributed by atoms with E-state index in [9.17, 15) is 8.42 Å². The van der Waals surface area contributed by atoms with E-state index in [4.69, 9.17) is 5.73 Å². The molecular weight excluding hydrogens is 262 g/mol. The molecule has 0 amide bonds. The minimum Gasteiger partial charge on any atom is -0.346 e. The fourth-order valence-electron chi connectivity index (χ4n) is 2.42. The van der Waals surface area contributed by atoms with Crippen molar-refractivity contribution in [3.05, 3.63) is 18.0 Å². The van der Waals surface area contributed by atoms with Crippen LogP contribution in [0.5, 0.6) is 0 Å². The van der Waals surface area contributed by atoms with Crippen LogP contribution < -0.4 is 10.5 Å². The lowest BCUT2D eigenvalue weighted by Gasteiger charge is -2.06. The molecule has 0 spiro atoms. The summed E-state index contributed by atoms with van der Waals surface area (Å²) in [7, 11) is -3.41. The summed E-state index contributed by atoms with van der Waals surface area (Å²) in [6, 6.07) is 2.21. The fraction of sp³-hybridized carbons (Fsp3) is 0.692. The molecule has 2 aliphatic rings. The normalized spacial score (nSPS) is 25.5. The highest BCUT2D eigenvalue weighted by atomic mass is 32.2. The Morgan fingerprint density at radius 3 is 2.58 bits per heavy atom. The van der Waals surface area contributed by atoms with E-state index in [-0.39, 0.29) is 11.5 Å². The second-order valence-corrected chi connectivity index (χ2v) is 8.09. The van der Waals surface area contributed by atoms with Crippen LogP contribution in [0.1, 0.15) is 44.8 Å². The maximum Gasteiger partial charge on any atom is 0.242 e. The minimum atomic E-state index is -3.41. The Kier molecular flexibility index (Phi) is 2.82. The second-order valence-electron chi connectivity index (χ2n) is 6.38. The second kappa shape index (κ2) is 4.07. The van der Waals surface area contributed by atoms with Gasteiger partial charge in [-0.1, -0.05) is 13.8 Å². The van der Waals surface area contributed by atoms with Crippen molar-refractivity contribution < 1.29 is 8.42 Å². The third-order valence-electron chi connectivity index (χ3n) is 4.18. The molecule has 1 unspecified atom stereocenters. The predicted molar refractivity (Wildman–Crippen MR) is 73.1 cm³/mol. The molecule has 0 bridgehead atoms. The van der Waals surface area contributed by atoms with Crippen molar-refractivity contribution in [2.24, 2.45) is 11.1 Å². The third-order valence-corrected chi connectivity index (χ3v) is 5.62. The summed E-state index contributed by atoms with van der Waals surface area (Å²) in [5.74, 6) is 0. The van der Waals surface area contributed by atoms with Crippen LogP contribution in [-0.2, 0) is 16.6 Å². The van der Waals surface area contributed by atoms with Gasteiger partial charge in [-0.15, -0.1) is 0 Å². The molecule has 1 aromatic heterocycles. The summed E-state index contributed by atoms with van der Waals surface area (Å²) >= 11 is 0. The predicted octanol–water partition coefficient (Wildman–Crippen LogP) is 1.36. The van der Waals surface area contributed by atoms with Crippen molar-refractivity contribution >= 4 is 10.0 Å². The molecule has 0 radical (unpaired) electrons. The molecule has 1 aromatic rings. The van der Waals surface area contributed by atoms with E-state index in [0.717, 1.165) is 25.0 Å². The van der Waals surface area contributed by atoms with Crippen molar-refractivity contribution in [3.8, 4) is 0 Å². The molecular formula is C13H21N3O2S. The van der Waals surface area contributed by atoms with Crippen molar-refractivity contribution in [1.29, 1.82) is 0 Å². The third kappa shape index (κ3) is 2.44. The number of nitrogens with zero attached hydrogens (tertiary/aromatic N) is 1. The fourth-order valence-corrected chi connectivity index (χ4v) is 3.88. The van der Waals surface area contributed by atoms with Gasteiger partial charge in [0.05, 0.1) is 4.90 Å². The van der Waals surface area contributed by atoms with Crippen LogP contribution in [0.4, 0.5) is 0 Å². The first-order valence-corrected chi connectivity index (χ1v) is 8.25. The zero-order chi connectivity index (χ0) is 13.8. The van der Waals surface area contributed by atoms with Gasteiger partial charge in [0.2, 0.25) is 10.0 Å². The van der Waals surface area contributed by atoms with Crippen molar-refractivity contribution in [2.75, 3.05) is 0 Å². The number of rotatable bonds is 5. The van der Waals surface area contributed by atoms with E-state index >= 15 is 0 Å². The Labute approximate surface area is 114 Å². The Balaban J connectivity index is 1.84. The standard InChI is InChI=1S/C13H21N3O2S/c1-13(2)6-12(13)15-19(17,18)11-5-10(7-14)16(8-11)9-3-4-9/h5,8-9,12,15H,3-4,6-7,14H2,1-2H3. The van der Waals surface area contributed by atoms with Gasteiger partial charge in [0.1, 0.15) is 0 Å². The van der Waals surface area contributed by atoms with Gasteiger partial charge in [0.15, 0.2) is 0 Å². The molecule has 106 valence electrons. The number of hydrogen-bond acceptors (Lipinski definition) is 3. The van der Waals surface area contributed by atoms with Crippen molar-refractivity contribution in [3.63, 3.8) is 0 Å². The first-order chi connectivity index (χ1) is 8.83. The molecule has 0 aromatic carbocycles. The monoisotopic (exact) mass is 283 g/mol. The highest BCUT2D eigenvalue weighted by molar-refractivity contribution is 7.89. The number of nitrogens with one attached hydrogen (secondary N) is 1. The van der Waals surface area contributed by atoms with Crippen LogP contribution in [0, 0.1) is 5.41 Å². The van der Waals surface area contributed by atoms with Gasteiger partial charge >= 0.3 is 0 Å². The smallest absolute Gasteiger partial charge is 0.242 e. The maximum absolute atomic E-state index is 12.3. The maximum atomic E-state index is 12.3. The van der Waals surface area contributed by atoms with Crippen LogP contribution in [0.3, 0.4) is 0 Å². The van der Waals surface area contributed by atoms with Gasteiger partial charge in [0.25, 0.3) is 0 Å². The highest BCUT2D eigenvalue weighted by Gasteiger charge is 2.48. The van der Waals surface area contributed by atoms with Gasteiger partial charge in [-0.05, 0) is 30.7 Å². The summed E-state index contributed by atoms with van der Waals surface area (Å²) in [4.78, 5) is 0.350. The highest BCUT2D eigenvalue weighted by Crippen LogP contribution is 2.45. The molecule has 2 aliphatic carbocycles. The molecule has 5 nitrogen and oxygen atoms in total. The first kappa shape index (κ1) is 13.1. The molecule has 0 saturated heterocycles. The van der Waals surface area contributed by atoms with Gasteiger partial charge in [0, 0.05) is 30.5 Å². The first-order valence-electron chi connectivity index (χ1n) is 6.77. The summed E-state index contributed by atoms with van der Waals surface area (Å²) in [5, 5.41) is 0.